The molecule has 1 rings (SSSR count). The van der Waals surface area contributed by atoms with Gasteiger partial charge in [-0.05, 0) is 24.3 Å². The first kappa shape index (κ1) is 13.4. The minimum Gasteiger partial charge on any atom is -0.392 e. The van der Waals surface area contributed by atoms with Crippen LogP contribution >= 0.6 is 23.8 Å². The van der Waals surface area contributed by atoms with Gasteiger partial charge in [-0.3, -0.25) is 0 Å². The summed E-state index contributed by atoms with van der Waals surface area (Å²) in [5, 5.41) is 0.482. The van der Waals surface area contributed by atoms with Crippen LogP contribution < -0.4 is 5.73 Å². The zero-order valence-electron chi connectivity index (χ0n) is 8.55. The van der Waals surface area contributed by atoms with Crippen LogP contribution in [0, 0.1) is 0 Å². The van der Waals surface area contributed by atoms with E-state index in [0.717, 1.165) is 4.31 Å². The lowest BCUT2D eigenvalue weighted by Crippen LogP contribution is -2.34. The summed E-state index contributed by atoms with van der Waals surface area (Å²) in [6.45, 7) is 0.0142. The Morgan fingerprint density at radius 2 is 1.94 bits per heavy atom. The molecular weight excluding hydrogens is 268 g/mol. The highest BCUT2D eigenvalue weighted by Crippen LogP contribution is 2.17. The molecule has 7 heteroatoms. The molecule has 88 valence electrons. The summed E-state index contributed by atoms with van der Waals surface area (Å²) in [4.78, 5) is 0.288. The molecule has 0 atom stereocenters. The lowest BCUT2D eigenvalue weighted by atomic mass is 10.4. The molecule has 0 saturated heterocycles. The Morgan fingerprint density at radius 1 is 1.44 bits per heavy atom. The molecule has 0 radical (unpaired) electrons. The van der Waals surface area contributed by atoms with Crippen molar-refractivity contribution in [2.24, 2.45) is 5.73 Å². The molecule has 1 aromatic carbocycles. The summed E-state index contributed by atoms with van der Waals surface area (Å²) in [6.07, 6.45) is 0. The molecule has 0 aliphatic heterocycles. The van der Waals surface area contributed by atoms with Gasteiger partial charge in [0.1, 0.15) is 0 Å². The first-order chi connectivity index (χ1) is 7.34. The number of hydrogen-bond donors (Lipinski definition) is 1. The molecule has 0 spiro atoms. The molecule has 16 heavy (non-hydrogen) atoms. The van der Waals surface area contributed by atoms with Crippen LogP contribution in [0.2, 0.25) is 5.02 Å². The zero-order chi connectivity index (χ0) is 12.3. The number of likely N-dealkylation sites (N-methyl/N-ethyl adjacent to an activating group) is 1. The maximum absolute atomic E-state index is 11.9. The van der Waals surface area contributed by atoms with Crippen molar-refractivity contribution in [2.45, 2.75) is 4.90 Å². The Labute approximate surface area is 105 Å². The lowest BCUT2D eigenvalue weighted by Gasteiger charge is -2.16. The van der Waals surface area contributed by atoms with Gasteiger partial charge in [0.05, 0.1) is 16.4 Å². The quantitative estimate of drug-likeness (QED) is 0.842. The van der Waals surface area contributed by atoms with Crippen LogP contribution in [0.3, 0.4) is 0 Å². The Hall–Kier alpha value is -0.690. The van der Waals surface area contributed by atoms with Gasteiger partial charge in [0.15, 0.2) is 0 Å². The van der Waals surface area contributed by atoms with E-state index in [1.54, 1.807) is 0 Å². The third-order valence-electron chi connectivity index (χ3n) is 1.90. The zero-order valence-corrected chi connectivity index (χ0v) is 10.9. The number of thiocarbonyl (C=S) groups is 1. The van der Waals surface area contributed by atoms with Gasteiger partial charge in [-0.15, -0.1) is 0 Å². The Kier molecular flexibility index (Phi) is 4.26. The van der Waals surface area contributed by atoms with Gasteiger partial charge in [0.2, 0.25) is 10.0 Å². The van der Waals surface area contributed by atoms with E-state index >= 15 is 0 Å². The highest BCUT2D eigenvalue weighted by molar-refractivity contribution is 7.89. The Balaban J connectivity index is 3.02. The van der Waals surface area contributed by atoms with E-state index in [-0.39, 0.29) is 16.4 Å². The van der Waals surface area contributed by atoms with Gasteiger partial charge in [0.25, 0.3) is 0 Å². The van der Waals surface area contributed by atoms with Crippen molar-refractivity contribution < 1.29 is 8.42 Å². The summed E-state index contributed by atoms with van der Waals surface area (Å²) in [5.41, 5.74) is 5.30. The van der Waals surface area contributed by atoms with Crippen LogP contribution in [-0.2, 0) is 10.0 Å². The van der Waals surface area contributed by atoms with Gasteiger partial charge in [0, 0.05) is 12.1 Å². The van der Waals surface area contributed by atoms with Crippen LogP contribution in [-0.4, -0.2) is 31.3 Å². The second kappa shape index (κ2) is 5.09. The van der Waals surface area contributed by atoms with Crippen LogP contribution in [0.15, 0.2) is 29.2 Å². The number of halogens is 1. The van der Waals surface area contributed by atoms with Crippen LogP contribution in [0.4, 0.5) is 0 Å². The van der Waals surface area contributed by atoms with E-state index in [1.165, 1.54) is 31.3 Å². The molecule has 4 nitrogen and oxygen atoms in total. The molecule has 0 fully saturated rings. The van der Waals surface area contributed by atoms with Crippen LogP contribution in [0.1, 0.15) is 0 Å². The van der Waals surface area contributed by atoms with Crippen molar-refractivity contribution in [3.63, 3.8) is 0 Å². The third-order valence-corrected chi connectivity index (χ3v) is 4.10. The van der Waals surface area contributed by atoms with Crippen molar-refractivity contribution in [2.75, 3.05) is 13.6 Å². The molecule has 0 bridgehead atoms. The Bertz CT molecular complexity index is 485. The van der Waals surface area contributed by atoms with E-state index in [4.69, 9.17) is 17.3 Å². The molecule has 0 unspecified atom stereocenters. The van der Waals surface area contributed by atoms with Gasteiger partial charge in [-0.2, -0.15) is 4.31 Å². The number of sulfonamides is 1. The van der Waals surface area contributed by atoms with Crippen LogP contribution in [0.5, 0.6) is 0 Å². The Morgan fingerprint density at radius 3 is 2.38 bits per heavy atom. The predicted molar refractivity (Wildman–Crippen MR) is 68.1 cm³/mol. The predicted octanol–water partition coefficient (Wildman–Crippen LogP) is 1.25. The summed E-state index contributed by atoms with van der Waals surface area (Å²) < 4.78 is 25.0. The fourth-order valence-electron chi connectivity index (χ4n) is 1.09. The highest BCUT2D eigenvalue weighted by Gasteiger charge is 2.20. The minimum absolute atomic E-state index is 0.0142. The van der Waals surface area contributed by atoms with Gasteiger partial charge < -0.3 is 5.73 Å². The molecule has 0 amide bonds. The average molecular weight is 279 g/mol. The summed E-state index contributed by atoms with van der Waals surface area (Å²) in [6, 6.07) is 5.91. The standard InChI is InChI=1S/C9H11ClN2O2S2/c1-12(6-9(11)15)16(13,14)8-4-2-7(10)3-5-8/h2-5H,6H2,1H3,(H2,11,15). The summed E-state index contributed by atoms with van der Waals surface area (Å²) in [5.74, 6) is 0. The van der Waals surface area contributed by atoms with Gasteiger partial charge >= 0.3 is 0 Å². The van der Waals surface area contributed by atoms with Crippen molar-refractivity contribution in [1.82, 2.24) is 4.31 Å². The van der Waals surface area contributed by atoms with Gasteiger partial charge in [-0.1, -0.05) is 23.8 Å². The SMILES string of the molecule is CN(CC(N)=S)S(=O)(=O)c1ccc(Cl)cc1. The van der Waals surface area contributed by atoms with Crippen molar-refractivity contribution >= 4 is 38.8 Å². The van der Waals surface area contributed by atoms with Crippen molar-refractivity contribution in [3.05, 3.63) is 29.3 Å². The van der Waals surface area contributed by atoms with E-state index in [1.807, 2.05) is 0 Å². The number of nitrogens with two attached hydrogens (primary N) is 1. The minimum atomic E-state index is -3.54. The molecular formula is C9H11ClN2O2S2. The molecule has 0 heterocycles. The molecule has 2 N–H and O–H groups in total. The second-order valence-electron chi connectivity index (χ2n) is 3.18. The number of nitrogens with zero attached hydrogens (tertiary/aromatic N) is 1. The van der Waals surface area contributed by atoms with E-state index in [2.05, 4.69) is 12.2 Å². The largest absolute Gasteiger partial charge is 0.392 e. The molecule has 0 saturated carbocycles. The first-order valence-corrected chi connectivity index (χ1v) is 6.57. The summed E-state index contributed by atoms with van der Waals surface area (Å²) >= 11 is 10.3. The van der Waals surface area contributed by atoms with Gasteiger partial charge in [-0.25, -0.2) is 8.42 Å². The fraction of sp³-hybridized carbons (Fsp3) is 0.222. The smallest absolute Gasteiger partial charge is 0.243 e. The van der Waals surface area contributed by atoms with Crippen LogP contribution in [0.25, 0.3) is 0 Å². The lowest BCUT2D eigenvalue weighted by molar-refractivity contribution is 0.506. The molecule has 1 aromatic rings. The normalized spacial score (nSPS) is 11.7. The maximum atomic E-state index is 11.9. The van der Waals surface area contributed by atoms with E-state index in [9.17, 15) is 8.42 Å². The number of benzene rings is 1. The molecule has 0 aromatic heterocycles. The monoisotopic (exact) mass is 278 g/mol. The molecule has 0 aliphatic rings. The number of rotatable bonds is 4. The first-order valence-electron chi connectivity index (χ1n) is 4.34. The maximum Gasteiger partial charge on any atom is 0.243 e. The third kappa shape index (κ3) is 3.15. The summed E-state index contributed by atoms with van der Waals surface area (Å²) in [7, 11) is -2.12. The van der Waals surface area contributed by atoms with E-state index < -0.39 is 10.0 Å². The topological polar surface area (TPSA) is 63.4 Å². The average Bonchev–Trinajstić information content (AvgIpc) is 2.17. The highest BCUT2D eigenvalue weighted by atomic mass is 35.5. The second-order valence-corrected chi connectivity index (χ2v) is 6.19. The van der Waals surface area contributed by atoms with E-state index in [0.29, 0.717) is 5.02 Å². The number of hydrogen-bond acceptors (Lipinski definition) is 3. The molecule has 0 aliphatic carbocycles. The van der Waals surface area contributed by atoms with Crippen molar-refractivity contribution in [3.8, 4) is 0 Å². The fourth-order valence-corrected chi connectivity index (χ4v) is 2.64. The van der Waals surface area contributed by atoms with Crippen molar-refractivity contribution in [1.29, 1.82) is 0 Å².